The van der Waals surface area contributed by atoms with E-state index in [1.165, 1.54) is 12.1 Å². The molecule has 7 heteroatoms. The number of hydrogen-bond donors (Lipinski definition) is 1. The maximum atomic E-state index is 12.7. The zero-order valence-corrected chi connectivity index (χ0v) is 8.53. The standard InChI is InChI=1S/C10H8F3N3O/c11-10(12,13)7-2-1-3-8-15-6(5-14)4-9(17)16(7)8/h1-4H,5,14H2. The molecule has 2 heterocycles. The van der Waals surface area contributed by atoms with E-state index < -0.39 is 17.4 Å². The van der Waals surface area contributed by atoms with Crippen LogP contribution in [0.5, 0.6) is 0 Å². The zero-order valence-electron chi connectivity index (χ0n) is 8.53. The van der Waals surface area contributed by atoms with Crippen LogP contribution in [-0.4, -0.2) is 9.38 Å². The van der Waals surface area contributed by atoms with Crippen LogP contribution in [0.4, 0.5) is 13.2 Å². The van der Waals surface area contributed by atoms with Crippen LogP contribution in [-0.2, 0) is 12.7 Å². The van der Waals surface area contributed by atoms with Gasteiger partial charge in [-0.3, -0.25) is 9.20 Å². The van der Waals surface area contributed by atoms with Crippen LogP contribution in [0, 0.1) is 0 Å². The molecule has 2 aromatic heterocycles. The molecule has 0 fully saturated rings. The van der Waals surface area contributed by atoms with Gasteiger partial charge in [0.05, 0.1) is 5.69 Å². The molecule has 0 unspecified atom stereocenters. The highest BCUT2D eigenvalue weighted by molar-refractivity contribution is 5.41. The highest BCUT2D eigenvalue weighted by atomic mass is 19.4. The van der Waals surface area contributed by atoms with E-state index in [9.17, 15) is 18.0 Å². The number of fused-ring (bicyclic) bond motifs is 1. The average molecular weight is 243 g/mol. The summed E-state index contributed by atoms with van der Waals surface area (Å²) in [6.45, 7) is 0.00197. The van der Waals surface area contributed by atoms with Gasteiger partial charge in [-0.1, -0.05) is 6.07 Å². The predicted molar refractivity (Wildman–Crippen MR) is 54.4 cm³/mol. The second-order valence-corrected chi connectivity index (χ2v) is 3.39. The summed E-state index contributed by atoms with van der Waals surface area (Å²) in [6, 6.07) is 4.36. The molecule has 0 bridgehead atoms. The van der Waals surface area contributed by atoms with Crippen LogP contribution >= 0.6 is 0 Å². The first-order valence-electron chi connectivity index (χ1n) is 4.72. The molecule has 0 aromatic carbocycles. The monoisotopic (exact) mass is 243 g/mol. The van der Waals surface area contributed by atoms with Gasteiger partial charge in [-0.25, -0.2) is 4.98 Å². The number of aromatic nitrogens is 2. The first kappa shape index (κ1) is 11.6. The lowest BCUT2D eigenvalue weighted by Gasteiger charge is -2.11. The summed E-state index contributed by atoms with van der Waals surface area (Å²) in [5.74, 6) is 0. The maximum absolute atomic E-state index is 12.7. The van der Waals surface area contributed by atoms with Crippen molar-refractivity contribution in [3.63, 3.8) is 0 Å². The molecule has 0 spiro atoms. The Bertz CT molecular complexity index is 618. The molecule has 0 saturated heterocycles. The SMILES string of the molecule is NCc1cc(=O)n2c(C(F)(F)F)cccc2n1. The van der Waals surface area contributed by atoms with E-state index in [1.54, 1.807) is 0 Å². The fraction of sp³-hybridized carbons (Fsp3) is 0.200. The highest BCUT2D eigenvalue weighted by Gasteiger charge is 2.33. The number of nitrogens with two attached hydrogens (primary N) is 1. The third-order valence-electron chi connectivity index (χ3n) is 2.24. The fourth-order valence-corrected chi connectivity index (χ4v) is 1.53. The Morgan fingerprint density at radius 2 is 2.06 bits per heavy atom. The third kappa shape index (κ3) is 2.01. The molecule has 0 radical (unpaired) electrons. The van der Waals surface area contributed by atoms with Gasteiger partial charge in [-0.15, -0.1) is 0 Å². The van der Waals surface area contributed by atoms with Crippen LogP contribution < -0.4 is 11.3 Å². The predicted octanol–water partition coefficient (Wildman–Crippen LogP) is 1.17. The van der Waals surface area contributed by atoms with Crippen molar-refractivity contribution in [3.05, 3.63) is 46.0 Å². The number of pyridine rings is 1. The highest BCUT2D eigenvalue weighted by Crippen LogP contribution is 2.28. The Labute approximate surface area is 93.5 Å². The van der Waals surface area contributed by atoms with Crippen LogP contribution in [0.25, 0.3) is 5.65 Å². The van der Waals surface area contributed by atoms with Crippen molar-refractivity contribution in [2.45, 2.75) is 12.7 Å². The largest absolute Gasteiger partial charge is 0.431 e. The van der Waals surface area contributed by atoms with Crippen LogP contribution in [0.15, 0.2) is 29.1 Å². The van der Waals surface area contributed by atoms with Crippen molar-refractivity contribution in [1.29, 1.82) is 0 Å². The van der Waals surface area contributed by atoms with Gasteiger partial charge >= 0.3 is 6.18 Å². The Kier molecular flexibility index (Phi) is 2.62. The van der Waals surface area contributed by atoms with Crippen molar-refractivity contribution in [2.75, 3.05) is 0 Å². The van der Waals surface area contributed by atoms with Gasteiger partial charge < -0.3 is 5.73 Å². The average Bonchev–Trinajstić information content (AvgIpc) is 2.26. The summed E-state index contributed by atoms with van der Waals surface area (Å²) >= 11 is 0. The molecule has 90 valence electrons. The van der Waals surface area contributed by atoms with Gasteiger partial charge in [0.2, 0.25) is 0 Å². The lowest BCUT2D eigenvalue weighted by atomic mass is 10.3. The Morgan fingerprint density at radius 3 is 2.65 bits per heavy atom. The van der Waals surface area contributed by atoms with E-state index in [0.717, 1.165) is 12.1 Å². The quantitative estimate of drug-likeness (QED) is 0.817. The van der Waals surface area contributed by atoms with Crippen molar-refractivity contribution >= 4 is 5.65 Å². The van der Waals surface area contributed by atoms with Crippen LogP contribution in [0.2, 0.25) is 0 Å². The first-order valence-corrected chi connectivity index (χ1v) is 4.72. The lowest BCUT2D eigenvalue weighted by molar-refractivity contribution is -0.142. The summed E-state index contributed by atoms with van der Waals surface area (Å²) in [7, 11) is 0. The van der Waals surface area contributed by atoms with E-state index in [0.29, 0.717) is 4.40 Å². The molecule has 4 nitrogen and oxygen atoms in total. The van der Waals surface area contributed by atoms with Gasteiger partial charge in [-0.2, -0.15) is 13.2 Å². The summed E-state index contributed by atoms with van der Waals surface area (Å²) in [4.78, 5) is 15.5. The zero-order chi connectivity index (χ0) is 12.6. The van der Waals surface area contributed by atoms with Crippen molar-refractivity contribution < 1.29 is 13.2 Å². The van der Waals surface area contributed by atoms with Gasteiger partial charge in [0, 0.05) is 12.6 Å². The summed E-state index contributed by atoms with van der Waals surface area (Å²) < 4.78 is 38.5. The number of hydrogen-bond acceptors (Lipinski definition) is 3. The van der Waals surface area contributed by atoms with Crippen molar-refractivity contribution in [2.24, 2.45) is 5.73 Å². The van der Waals surface area contributed by atoms with Crippen molar-refractivity contribution in [1.82, 2.24) is 9.38 Å². The number of nitrogens with zero attached hydrogens (tertiary/aromatic N) is 2. The maximum Gasteiger partial charge on any atom is 0.431 e. The van der Waals surface area contributed by atoms with E-state index in [4.69, 9.17) is 5.73 Å². The van der Waals surface area contributed by atoms with E-state index >= 15 is 0 Å². The van der Waals surface area contributed by atoms with E-state index in [-0.39, 0.29) is 17.9 Å². The molecule has 0 saturated carbocycles. The van der Waals surface area contributed by atoms with E-state index in [1.807, 2.05) is 0 Å². The molecular formula is C10H8F3N3O. The molecule has 0 aliphatic heterocycles. The van der Waals surface area contributed by atoms with Gasteiger partial charge in [-0.05, 0) is 12.1 Å². The number of halogens is 3. The van der Waals surface area contributed by atoms with Gasteiger partial charge in [0.25, 0.3) is 5.56 Å². The molecule has 0 aliphatic rings. The normalized spacial score (nSPS) is 12.0. The molecule has 2 rings (SSSR count). The minimum atomic E-state index is -4.60. The molecule has 0 aliphatic carbocycles. The fourth-order valence-electron chi connectivity index (χ4n) is 1.53. The Hall–Kier alpha value is -1.89. The molecule has 17 heavy (non-hydrogen) atoms. The molecule has 0 amide bonds. The first-order chi connectivity index (χ1) is 7.93. The molecular weight excluding hydrogens is 235 g/mol. The molecule has 2 N–H and O–H groups in total. The second kappa shape index (κ2) is 3.85. The van der Waals surface area contributed by atoms with Crippen LogP contribution in [0.1, 0.15) is 11.4 Å². The number of alkyl halides is 3. The van der Waals surface area contributed by atoms with Crippen LogP contribution in [0.3, 0.4) is 0 Å². The summed E-state index contributed by atoms with van der Waals surface area (Å²) in [5.41, 5.74) is 3.66. The number of rotatable bonds is 1. The smallest absolute Gasteiger partial charge is 0.325 e. The van der Waals surface area contributed by atoms with E-state index in [2.05, 4.69) is 4.98 Å². The second-order valence-electron chi connectivity index (χ2n) is 3.39. The minimum Gasteiger partial charge on any atom is -0.325 e. The summed E-state index contributed by atoms with van der Waals surface area (Å²) in [6.07, 6.45) is -4.60. The minimum absolute atomic E-state index is 0.00197. The Balaban J connectivity index is 2.87. The topological polar surface area (TPSA) is 60.4 Å². The third-order valence-corrected chi connectivity index (χ3v) is 2.24. The molecule has 2 aromatic rings. The molecule has 0 atom stereocenters. The summed E-state index contributed by atoms with van der Waals surface area (Å²) in [5, 5.41) is 0. The van der Waals surface area contributed by atoms with Gasteiger partial charge in [0.15, 0.2) is 0 Å². The van der Waals surface area contributed by atoms with Gasteiger partial charge in [0.1, 0.15) is 11.3 Å². The van der Waals surface area contributed by atoms with Crippen molar-refractivity contribution in [3.8, 4) is 0 Å². The Morgan fingerprint density at radius 1 is 1.35 bits per heavy atom. The lowest BCUT2D eigenvalue weighted by Crippen LogP contribution is -2.24.